The molecular formula is C22H21FN2O4S. The summed E-state index contributed by atoms with van der Waals surface area (Å²) in [7, 11) is 0. The van der Waals surface area contributed by atoms with E-state index < -0.39 is 0 Å². The zero-order chi connectivity index (χ0) is 20.9. The Kier molecular flexibility index (Phi) is 6.35. The summed E-state index contributed by atoms with van der Waals surface area (Å²) in [4.78, 5) is 27.7. The maximum atomic E-state index is 13.7. The van der Waals surface area contributed by atoms with Gasteiger partial charge in [0.1, 0.15) is 17.1 Å². The summed E-state index contributed by atoms with van der Waals surface area (Å²) < 4.78 is 24.8. The molecule has 0 aliphatic carbocycles. The van der Waals surface area contributed by atoms with Crippen LogP contribution in [0.15, 0.2) is 57.8 Å². The van der Waals surface area contributed by atoms with Gasteiger partial charge in [-0.2, -0.15) is 0 Å². The molecule has 156 valence electrons. The molecule has 4 rings (SSSR count). The lowest BCUT2D eigenvalue weighted by Gasteiger charge is -2.26. The van der Waals surface area contributed by atoms with Gasteiger partial charge in [-0.1, -0.05) is 24.3 Å². The predicted octanol–water partition coefficient (Wildman–Crippen LogP) is 4.17. The molecule has 2 amide bonds. The van der Waals surface area contributed by atoms with Crippen LogP contribution >= 0.6 is 11.8 Å². The molecule has 0 saturated carbocycles. The second-order valence-corrected chi connectivity index (χ2v) is 7.92. The van der Waals surface area contributed by atoms with Crippen LogP contribution < -0.4 is 5.32 Å². The van der Waals surface area contributed by atoms with Gasteiger partial charge in [0.2, 0.25) is 11.7 Å². The highest BCUT2D eigenvalue weighted by molar-refractivity contribution is 7.99. The number of carbonyl (C=O) groups excluding carboxylic acids is 2. The third kappa shape index (κ3) is 4.49. The van der Waals surface area contributed by atoms with Crippen molar-refractivity contribution in [3.05, 3.63) is 60.1 Å². The number of halogens is 1. The van der Waals surface area contributed by atoms with Crippen molar-refractivity contribution in [2.75, 3.05) is 37.4 Å². The van der Waals surface area contributed by atoms with Crippen molar-refractivity contribution >= 4 is 40.2 Å². The van der Waals surface area contributed by atoms with E-state index >= 15 is 0 Å². The molecule has 2 aromatic carbocycles. The highest BCUT2D eigenvalue weighted by Crippen LogP contribution is 2.32. The van der Waals surface area contributed by atoms with Gasteiger partial charge >= 0.3 is 0 Å². The van der Waals surface area contributed by atoms with Crippen molar-refractivity contribution in [3.63, 3.8) is 0 Å². The number of nitrogens with one attached hydrogen (secondary N) is 1. The quantitative estimate of drug-likeness (QED) is 0.597. The van der Waals surface area contributed by atoms with Crippen LogP contribution in [0.1, 0.15) is 17.0 Å². The summed E-state index contributed by atoms with van der Waals surface area (Å²) in [5, 5.41) is 3.51. The summed E-state index contributed by atoms with van der Waals surface area (Å²) in [5.74, 6) is -0.308. The van der Waals surface area contributed by atoms with E-state index in [1.54, 1.807) is 35.2 Å². The molecule has 0 unspecified atom stereocenters. The van der Waals surface area contributed by atoms with E-state index in [0.717, 1.165) is 0 Å². The standard InChI is InChI=1S/C22H21FN2O4S/c23-16-6-2-4-8-18(16)30-14-9-19(26)24-20-15-5-1-3-7-17(15)29-21(20)22(27)25-10-12-28-13-11-25/h1-8H,9-14H2,(H,24,26). The Morgan fingerprint density at radius 1 is 1.07 bits per heavy atom. The number of hydrogen-bond acceptors (Lipinski definition) is 5. The monoisotopic (exact) mass is 428 g/mol. The van der Waals surface area contributed by atoms with Crippen molar-refractivity contribution in [3.8, 4) is 0 Å². The number of rotatable bonds is 6. The normalized spacial score (nSPS) is 14.1. The highest BCUT2D eigenvalue weighted by Gasteiger charge is 2.27. The van der Waals surface area contributed by atoms with Gasteiger partial charge in [0.25, 0.3) is 5.91 Å². The van der Waals surface area contributed by atoms with E-state index in [4.69, 9.17) is 9.15 Å². The van der Waals surface area contributed by atoms with Crippen LogP contribution in [0.2, 0.25) is 0 Å². The van der Waals surface area contributed by atoms with Gasteiger partial charge in [-0.25, -0.2) is 4.39 Å². The summed E-state index contributed by atoms with van der Waals surface area (Å²) in [6.07, 6.45) is 0.170. The number of morpholine rings is 1. The number of amides is 2. The third-order valence-electron chi connectivity index (χ3n) is 4.78. The Morgan fingerprint density at radius 3 is 2.60 bits per heavy atom. The number of thioether (sulfide) groups is 1. The average Bonchev–Trinajstić information content (AvgIpc) is 3.13. The van der Waals surface area contributed by atoms with Crippen molar-refractivity contribution in [2.24, 2.45) is 0 Å². The Morgan fingerprint density at radius 2 is 1.80 bits per heavy atom. The SMILES string of the molecule is O=C(CCSc1ccccc1F)Nc1c(C(=O)N2CCOCC2)oc2ccccc12. The molecule has 0 spiro atoms. The van der Waals surface area contributed by atoms with Gasteiger partial charge in [0.15, 0.2) is 0 Å². The molecule has 1 fully saturated rings. The largest absolute Gasteiger partial charge is 0.449 e. The van der Waals surface area contributed by atoms with E-state index in [1.807, 2.05) is 12.1 Å². The first-order valence-corrected chi connectivity index (χ1v) is 10.7. The average molecular weight is 428 g/mol. The van der Waals surface area contributed by atoms with Crippen LogP contribution in [-0.2, 0) is 9.53 Å². The minimum Gasteiger partial charge on any atom is -0.449 e. The minimum atomic E-state index is -0.304. The van der Waals surface area contributed by atoms with Gasteiger partial charge in [-0.3, -0.25) is 9.59 Å². The zero-order valence-corrected chi connectivity index (χ0v) is 17.0. The number of carbonyl (C=O) groups is 2. The molecule has 2 heterocycles. The molecule has 0 radical (unpaired) electrons. The van der Waals surface area contributed by atoms with E-state index in [0.29, 0.717) is 53.6 Å². The maximum Gasteiger partial charge on any atom is 0.291 e. The van der Waals surface area contributed by atoms with Crippen LogP contribution in [0.3, 0.4) is 0 Å². The van der Waals surface area contributed by atoms with Gasteiger partial charge in [0, 0.05) is 35.5 Å². The fourth-order valence-electron chi connectivity index (χ4n) is 3.25. The van der Waals surface area contributed by atoms with Crippen molar-refractivity contribution in [1.82, 2.24) is 4.90 Å². The van der Waals surface area contributed by atoms with Crippen LogP contribution in [-0.4, -0.2) is 48.8 Å². The second kappa shape index (κ2) is 9.32. The Hall–Kier alpha value is -2.84. The Bertz CT molecular complexity index is 1060. The first kappa shape index (κ1) is 20.4. The molecular weight excluding hydrogens is 407 g/mol. The molecule has 30 heavy (non-hydrogen) atoms. The number of ether oxygens (including phenoxy) is 1. The third-order valence-corrected chi connectivity index (χ3v) is 5.83. The number of furan rings is 1. The lowest BCUT2D eigenvalue weighted by Crippen LogP contribution is -2.40. The fourth-order valence-corrected chi connectivity index (χ4v) is 4.14. The first-order chi connectivity index (χ1) is 14.6. The number of benzene rings is 2. The van der Waals surface area contributed by atoms with Gasteiger partial charge in [-0.05, 0) is 24.3 Å². The summed E-state index contributed by atoms with van der Waals surface area (Å²) in [6.45, 7) is 1.90. The predicted molar refractivity (Wildman–Crippen MR) is 113 cm³/mol. The number of nitrogens with zero attached hydrogens (tertiary/aromatic N) is 1. The van der Waals surface area contributed by atoms with Crippen LogP contribution in [0.5, 0.6) is 0 Å². The van der Waals surface area contributed by atoms with Crippen molar-refractivity contribution in [2.45, 2.75) is 11.3 Å². The molecule has 1 aliphatic heterocycles. The molecule has 0 bridgehead atoms. The molecule has 8 heteroatoms. The lowest BCUT2D eigenvalue weighted by molar-refractivity contribution is -0.115. The van der Waals surface area contributed by atoms with Gasteiger partial charge in [-0.15, -0.1) is 11.8 Å². The first-order valence-electron chi connectivity index (χ1n) is 9.69. The summed E-state index contributed by atoms with van der Waals surface area (Å²) in [5.41, 5.74) is 0.910. The minimum absolute atomic E-state index is 0.119. The number of anilines is 1. The zero-order valence-electron chi connectivity index (χ0n) is 16.2. The summed E-state index contributed by atoms with van der Waals surface area (Å²) >= 11 is 1.28. The molecule has 6 nitrogen and oxygen atoms in total. The Labute approximate surface area is 177 Å². The molecule has 3 aromatic rings. The van der Waals surface area contributed by atoms with E-state index in [2.05, 4.69) is 5.32 Å². The molecule has 1 N–H and O–H groups in total. The summed E-state index contributed by atoms with van der Waals surface area (Å²) in [6, 6.07) is 13.7. The molecule has 1 aliphatic rings. The maximum absolute atomic E-state index is 13.7. The van der Waals surface area contributed by atoms with Crippen LogP contribution in [0, 0.1) is 5.82 Å². The van der Waals surface area contributed by atoms with Crippen LogP contribution in [0.4, 0.5) is 10.1 Å². The van der Waals surface area contributed by atoms with E-state index in [1.165, 1.54) is 17.8 Å². The van der Waals surface area contributed by atoms with E-state index in [-0.39, 0.29) is 29.8 Å². The number of fused-ring (bicyclic) bond motifs is 1. The Balaban J connectivity index is 1.49. The second-order valence-electron chi connectivity index (χ2n) is 6.78. The van der Waals surface area contributed by atoms with E-state index in [9.17, 15) is 14.0 Å². The van der Waals surface area contributed by atoms with Gasteiger partial charge in [0.05, 0.1) is 13.2 Å². The molecule has 1 aromatic heterocycles. The smallest absolute Gasteiger partial charge is 0.291 e. The number of para-hydroxylation sites is 1. The topological polar surface area (TPSA) is 71.8 Å². The van der Waals surface area contributed by atoms with Gasteiger partial charge < -0.3 is 19.4 Å². The van der Waals surface area contributed by atoms with Crippen LogP contribution in [0.25, 0.3) is 11.0 Å². The van der Waals surface area contributed by atoms with Crippen molar-refractivity contribution < 1.29 is 23.1 Å². The van der Waals surface area contributed by atoms with Crippen molar-refractivity contribution in [1.29, 1.82) is 0 Å². The fraction of sp³-hybridized carbons (Fsp3) is 0.273. The number of hydrogen-bond donors (Lipinski definition) is 1. The molecule has 0 atom stereocenters. The lowest BCUT2D eigenvalue weighted by atomic mass is 10.2. The highest BCUT2D eigenvalue weighted by atomic mass is 32.2. The molecule has 1 saturated heterocycles.